The van der Waals surface area contributed by atoms with Gasteiger partial charge in [-0.25, -0.2) is 0 Å². The second-order valence-corrected chi connectivity index (χ2v) is 9.25. The largest absolute Gasteiger partial charge is 0.397 e. The molecule has 158 valence electrons. The first-order valence-corrected chi connectivity index (χ1v) is 12.2. The van der Waals surface area contributed by atoms with E-state index in [1.165, 1.54) is 6.20 Å². The number of nitrogens with two attached hydrogens (primary N) is 1. The van der Waals surface area contributed by atoms with Gasteiger partial charge in [0.15, 0.2) is 0 Å². The fourth-order valence-corrected chi connectivity index (χ4v) is 5.13. The van der Waals surface area contributed by atoms with Crippen LogP contribution in [-0.4, -0.2) is 24.1 Å². The number of rotatable bonds is 9. The number of nitrogens with one attached hydrogen (secondary N) is 1. The zero-order valence-corrected chi connectivity index (χ0v) is 18.5. The molecule has 7 nitrogen and oxygen atoms in total. The summed E-state index contributed by atoms with van der Waals surface area (Å²) in [5.74, 6) is -0.332. The molecule has 0 fully saturated rings. The summed E-state index contributed by atoms with van der Waals surface area (Å²) < 4.78 is 23.2. The molecular formula is C21H24N3O4PS. The molecule has 0 spiro atoms. The maximum absolute atomic E-state index is 12.7. The number of hydrogen-bond acceptors (Lipinski definition) is 7. The Morgan fingerprint density at radius 2 is 1.90 bits per heavy atom. The molecule has 0 radical (unpaired) electrons. The Bertz CT molecular complexity index is 1030. The number of nitrogen functional groups attached to an aromatic ring is 1. The molecule has 3 rings (SSSR count). The van der Waals surface area contributed by atoms with Gasteiger partial charge in [0.05, 0.1) is 42.0 Å². The van der Waals surface area contributed by atoms with Crippen LogP contribution in [-0.2, 0) is 19.8 Å². The lowest BCUT2D eigenvalue weighted by Crippen LogP contribution is -2.14. The minimum Gasteiger partial charge on any atom is -0.397 e. The van der Waals surface area contributed by atoms with E-state index in [-0.39, 0.29) is 25.3 Å². The maximum Gasteiger partial charge on any atom is 0.336 e. The summed E-state index contributed by atoms with van der Waals surface area (Å²) in [6.45, 7) is 4.07. The number of thiophene rings is 1. The van der Waals surface area contributed by atoms with E-state index in [1.54, 1.807) is 43.4 Å². The molecule has 1 aromatic carbocycles. The summed E-state index contributed by atoms with van der Waals surface area (Å²) in [5, 5.41) is 6.86. The first-order chi connectivity index (χ1) is 14.4. The second-order valence-electron chi connectivity index (χ2n) is 6.41. The molecule has 0 saturated carbocycles. The average Bonchev–Trinajstić information content (AvgIpc) is 3.25. The maximum atomic E-state index is 12.7. The zero-order valence-electron chi connectivity index (χ0n) is 16.8. The van der Waals surface area contributed by atoms with Crippen LogP contribution in [0.4, 0.5) is 11.4 Å². The molecule has 3 aromatic rings. The van der Waals surface area contributed by atoms with Gasteiger partial charge in [-0.1, -0.05) is 6.07 Å². The van der Waals surface area contributed by atoms with Crippen molar-refractivity contribution in [1.29, 1.82) is 0 Å². The summed E-state index contributed by atoms with van der Waals surface area (Å²) in [7, 11) is -3.25. The van der Waals surface area contributed by atoms with Crippen molar-refractivity contribution in [1.82, 2.24) is 4.98 Å². The van der Waals surface area contributed by atoms with Crippen molar-refractivity contribution >= 4 is 36.2 Å². The number of pyridine rings is 1. The molecule has 0 aliphatic rings. The number of carbonyl (C=O) groups excluding carboxylic acids is 1. The molecule has 9 heteroatoms. The van der Waals surface area contributed by atoms with E-state index in [0.717, 1.165) is 11.1 Å². The summed E-state index contributed by atoms with van der Waals surface area (Å²) >= 11 is 1.60. The second kappa shape index (κ2) is 10.00. The summed E-state index contributed by atoms with van der Waals surface area (Å²) in [4.78, 5) is 16.9. The van der Waals surface area contributed by atoms with E-state index in [0.29, 0.717) is 22.6 Å². The number of amides is 1. The van der Waals surface area contributed by atoms with Gasteiger partial charge in [-0.05, 0) is 66.1 Å². The van der Waals surface area contributed by atoms with Crippen molar-refractivity contribution in [3.63, 3.8) is 0 Å². The van der Waals surface area contributed by atoms with Gasteiger partial charge in [-0.2, -0.15) is 11.3 Å². The SMILES string of the molecule is CCOP(=O)(Cc1ccc(C(=O)Nc2cc(-c3ccsc3)ccc2N)cn1)OCC. The molecule has 0 aliphatic heterocycles. The minimum atomic E-state index is -3.25. The summed E-state index contributed by atoms with van der Waals surface area (Å²) in [5.41, 5.74) is 9.96. The molecular weight excluding hydrogens is 421 g/mol. The monoisotopic (exact) mass is 445 g/mol. The Labute approximate surface area is 179 Å². The molecule has 30 heavy (non-hydrogen) atoms. The predicted molar refractivity (Wildman–Crippen MR) is 121 cm³/mol. The Balaban J connectivity index is 1.72. The van der Waals surface area contributed by atoms with Gasteiger partial charge in [-0.15, -0.1) is 0 Å². The average molecular weight is 445 g/mol. The van der Waals surface area contributed by atoms with Gasteiger partial charge < -0.3 is 20.1 Å². The van der Waals surface area contributed by atoms with Crippen LogP contribution in [0.5, 0.6) is 0 Å². The standard InChI is InChI=1S/C21H24N3O4PS/c1-3-27-29(26,28-4-2)13-18-7-5-16(12-23-18)21(25)24-20-11-15(6-8-19(20)22)17-9-10-30-14-17/h5-12,14H,3-4,13,22H2,1-2H3,(H,24,25). The fraction of sp³-hybridized carbons (Fsp3) is 0.238. The van der Waals surface area contributed by atoms with Crippen molar-refractivity contribution in [3.05, 3.63) is 64.6 Å². The summed E-state index contributed by atoms with van der Waals surface area (Å²) in [6.07, 6.45) is 1.48. The Morgan fingerprint density at radius 3 is 2.50 bits per heavy atom. The number of nitrogens with zero attached hydrogens (tertiary/aromatic N) is 1. The molecule has 0 unspecified atom stereocenters. The van der Waals surface area contributed by atoms with E-state index in [2.05, 4.69) is 10.3 Å². The molecule has 1 amide bonds. The lowest BCUT2D eigenvalue weighted by molar-refractivity contribution is 0.102. The minimum absolute atomic E-state index is 0.0478. The van der Waals surface area contributed by atoms with Gasteiger partial charge in [0, 0.05) is 6.20 Å². The first-order valence-electron chi connectivity index (χ1n) is 9.50. The zero-order chi connectivity index (χ0) is 21.6. The van der Waals surface area contributed by atoms with Crippen LogP contribution in [0.25, 0.3) is 11.1 Å². The molecule has 2 aromatic heterocycles. The topological polar surface area (TPSA) is 104 Å². The van der Waals surface area contributed by atoms with Crippen LogP contribution in [0.15, 0.2) is 53.4 Å². The number of carbonyl (C=O) groups is 1. The van der Waals surface area contributed by atoms with E-state index < -0.39 is 7.60 Å². The fourth-order valence-electron chi connectivity index (χ4n) is 2.84. The highest BCUT2D eigenvalue weighted by atomic mass is 32.1. The van der Waals surface area contributed by atoms with Crippen LogP contribution in [0.3, 0.4) is 0 Å². The third-order valence-electron chi connectivity index (χ3n) is 4.25. The number of anilines is 2. The first kappa shape index (κ1) is 22.2. The Kier molecular flexibility index (Phi) is 7.39. The quantitative estimate of drug-likeness (QED) is 0.337. The van der Waals surface area contributed by atoms with Crippen LogP contribution in [0, 0.1) is 0 Å². The van der Waals surface area contributed by atoms with E-state index in [4.69, 9.17) is 14.8 Å². The molecule has 0 atom stereocenters. The van der Waals surface area contributed by atoms with Crippen LogP contribution >= 0.6 is 18.9 Å². The third-order valence-corrected chi connectivity index (χ3v) is 6.95. The van der Waals surface area contributed by atoms with Crippen LogP contribution in [0.2, 0.25) is 0 Å². The molecule has 0 aliphatic carbocycles. The van der Waals surface area contributed by atoms with Gasteiger partial charge in [-0.3, -0.25) is 14.3 Å². The van der Waals surface area contributed by atoms with Crippen molar-refractivity contribution in [2.24, 2.45) is 0 Å². The van der Waals surface area contributed by atoms with Gasteiger partial charge in [0.2, 0.25) is 0 Å². The number of hydrogen-bond donors (Lipinski definition) is 2. The predicted octanol–water partition coefficient (Wildman–Crippen LogP) is 5.41. The van der Waals surface area contributed by atoms with Crippen molar-refractivity contribution in [3.8, 4) is 11.1 Å². The normalized spacial score (nSPS) is 11.4. The van der Waals surface area contributed by atoms with Crippen LogP contribution in [0.1, 0.15) is 29.9 Å². The van der Waals surface area contributed by atoms with E-state index in [9.17, 15) is 9.36 Å². The van der Waals surface area contributed by atoms with Crippen molar-refractivity contribution < 1.29 is 18.4 Å². The van der Waals surface area contributed by atoms with Crippen LogP contribution < -0.4 is 11.1 Å². The lowest BCUT2D eigenvalue weighted by Gasteiger charge is -2.16. The van der Waals surface area contributed by atoms with Crippen molar-refractivity contribution in [2.45, 2.75) is 20.0 Å². The Hall–Kier alpha value is -2.51. The highest BCUT2D eigenvalue weighted by Crippen LogP contribution is 2.50. The van der Waals surface area contributed by atoms with Gasteiger partial charge in [0.1, 0.15) is 0 Å². The van der Waals surface area contributed by atoms with E-state index >= 15 is 0 Å². The van der Waals surface area contributed by atoms with E-state index in [1.807, 2.05) is 29.0 Å². The lowest BCUT2D eigenvalue weighted by atomic mass is 10.1. The highest BCUT2D eigenvalue weighted by molar-refractivity contribution is 7.53. The Morgan fingerprint density at radius 1 is 1.13 bits per heavy atom. The molecule has 3 N–H and O–H groups in total. The third kappa shape index (κ3) is 5.55. The molecule has 0 bridgehead atoms. The van der Waals surface area contributed by atoms with Crippen molar-refractivity contribution in [2.75, 3.05) is 24.3 Å². The number of aromatic nitrogens is 1. The van der Waals surface area contributed by atoms with Gasteiger partial charge in [0.25, 0.3) is 5.91 Å². The number of benzene rings is 1. The molecule has 0 saturated heterocycles. The highest BCUT2D eigenvalue weighted by Gasteiger charge is 2.25. The summed E-state index contributed by atoms with van der Waals surface area (Å²) in [6, 6.07) is 10.8. The van der Waals surface area contributed by atoms with Gasteiger partial charge >= 0.3 is 7.60 Å². The smallest absolute Gasteiger partial charge is 0.336 e. The molecule has 2 heterocycles.